The normalized spacial score (nSPS) is 10.2. The molecule has 20 heavy (non-hydrogen) atoms. The fourth-order valence-electron chi connectivity index (χ4n) is 2.05. The van der Waals surface area contributed by atoms with Gasteiger partial charge in [-0.15, -0.1) is 0 Å². The van der Waals surface area contributed by atoms with Crippen LogP contribution in [-0.2, 0) is 6.42 Å². The third kappa shape index (κ3) is 2.99. The third-order valence-corrected chi connectivity index (χ3v) is 2.98. The van der Waals surface area contributed by atoms with E-state index in [9.17, 15) is 0 Å². The van der Waals surface area contributed by atoms with Crippen LogP contribution >= 0.6 is 0 Å². The Morgan fingerprint density at radius 3 is 2.55 bits per heavy atom. The Kier molecular flexibility index (Phi) is 4.76. The molecule has 1 aromatic carbocycles. The van der Waals surface area contributed by atoms with Crippen LogP contribution in [0.2, 0.25) is 0 Å². The first kappa shape index (κ1) is 14.1. The monoisotopic (exact) mass is 272 g/mol. The van der Waals surface area contributed by atoms with E-state index in [4.69, 9.17) is 4.74 Å². The second kappa shape index (κ2) is 6.75. The minimum atomic E-state index is 0.630. The lowest BCUT2D eigenvalue weighted by Crippen LogP contribution is -2.05. The van der Waals surface area contributed by atoms with Crippen LogP contribution in [-0.4, -0.2) is 23.6 Å². The molecule has 0 saturated heterocycles. The summed E-state index contributed by atoms with van der Waals surface area (Å²) in [5.41, 5.74) is 1.96. The van der Waals surface area contributed by atoms with Crippen LogP contribution in [0.5, 0.6) is 5.75 Å². The van der Waals surface area contributed by atoms with Gasteiger partial charge < -0.3 is 15.4 Å². The number of para-hydroxylation sites is 2. The summed E-state index contributed by atoms with van der Waals surface area (Å²) in [6.07, 6.45) is 2.40. The van der Waals surface area contributed by atoms with Crippen LogP contribution in [0.25, 0.3) is 0 Å². The summed E-state index contributed by atoms with van der Waals surface area (Å²) in [4.78, 5) is 8.57. The largest absolute Gasteiger partial charge is 0.492 e. The van der Waals surface area contributed by atoms with Gasteiger partial charge in [0, 0.05) is 12.6 Å². The number of hydrogen-bond acceptors (Lipinski definition) is 5. The minimum absolute atomic E-state index is 0.630. The first-order chi connectivity index (χ1) is 9.80. The van der Waals surface area contributed by atoms with Crippen molar-refractivity contribution in [3.05, 3.63) is 36.2 Å². The van der Waals surface area contributed by atoms with Crippen molar-refractivity contribution in [3.8, 4) is 5.75 Å². The van der Waals surface area contributed by atoms with E-state index in [1.165, 1.54) is 0 Å². The predicted octanol–water partition coefficient (Wildman–Crippen LogP) is 3.22. The molecule has 0 aliphatic heterocycles. The molecule has 106 valence electrons. The van der Waals surface area contributed by atoms with Crippen molar-refractivity contribution in [2.75, 3.05) is 24.3 Å². The molecule has 0 atom stereocenters. The van der Waals surface area contributed by atoms with Gasteiger partial charge in [0.2, 0.25) is 0 Å². The quantitative estimate of drug-likeness (QED) is 0.845. The summed E-state index contributed by atoms with van der Waals surface area (Å²) in [6, 6.07) is 7.84. The lowest BCUT2D eigenvalue weighted by Gasteiger charge is -2.15. The molecule has 2 N–H and O–H groups in total. The molecule has 2 rings (SSSR count). The van der Waals surface area contributed by atoms with Gasteiger partial charge in [-0.3, -0.25) is 0 Å². The molecule has 0 spiro atoms. The number of aromatic nitrogens is 2. The van der Waals surface area contributed by atoms with Crippen molar-refractivity contribution in [1.82, 2.24) is 9.97 Å². The summed E-state index contributed by atoms with van der Waals surface area (Å²) in [7, 11) is 1.86. The Labute approximate surface area is 119 Å². The molecule has 0 bridgehead atoms. The standard InChI is InChI=1S/C15H20N4O/c1-4-11-14(16-3)17-10-18-15(11)19-12-8-6-7-9-13(12)20-5-2/h6-10H,4-5H2,1-3H3,(H2,16,17,18,19). The number of anilines is 3. The van der Waals surface area contributed by atoms with Crippen molar-refractivity contribution in [2.24, 2.45) is 0 Å². The molecule has 0 unspecified atom stereocenters. The molecular weight excluding hydrogens is 252 g/mol. The molecule has 0 radical (unpaired) electrons. The number of benzene rings is 1. The average Bonchev–Trinajstić information content (AvgIpc) is 2.49. The van der Waals surface area contributed by atoms with Gasteiger partial charge in [0.1, 0.15) is 23.7 Å². The summed E-state index contributed by atoms with van der Waals surface area (Å²) in [6.45, 7) is 4.68. The van der Waals surface area contributed by atoms with Crippen molar-refractivity contribution in [2.45, 2.75) is 20.3 Å². The molecule has 1 aromatic heterocycles. The Balaban J connectivity index is 2.35. The van der Waals surface area contributed by atoms with E-state index >= 15 is 0 Å². The smallest absolute Gasteiger partial charge is 0.142 e. The minimum Gasteiger partial charge on any atom is -0.492 e. The zero-order chi connectivity index (χ0) is 14.4. The van der Waals surface area contributed by atoms with Crippen molar-refractivity contribution in [3.63, 3.8) is 0 Å². The van der Waals surface area contributed by atoms with Gasteiger partial charge in [-0.05, 0) is 25.5 Å². The van der Waals surface area contributed by atoms with Gasteiger partial charge in [-0.25, -0.2) is 9.97 Å². The average molecular weight is 272 g/mol. The number of rotatable bonds is 6. The highest BCUT2D eigenvalue weighted by Gasteiger charge is 2.10. The molecule has 0 amide bonds. The summed E-state index contributed by atoms with van der Waals surface area (Å²) in [5.74, 6) is 2.47. The Bertz CT molecular complexity index is 572. The molecular formula is C15H20N4O. The fraction of sp³-hybridized carbons (Fsp3) is 0.333. The highest BCUT2D eigenvalue weighted by molar-refractivity contribution is 5.68. The Morgan fingerprint density at radius 2 is 1.85 bits per heavy atom. The van der Waals surface area contributed by atoms with Gasteiger partial charge in [-0.1, -0.05) is 19.1 Å². The van der Waals surface area contributed by atoms with E-state index < -0.39 is 0 Å². The molecule has 5 heteroatoms. The number of hydrogen-bond donors (Lipinski definition) is 2. The van der Waals surface area contributed by atoms with Crippen LogP contribution in [0.15, 0.2) is 30.6 Å². The van der Waals surface area contributed by atoms with Crippen molar-refractivity contribution in [1.29, 1.82) is 0 Å². The summed E-state index contributed by atoms with van der Waals surface area (Å²) < 4.78 is 5.62. The number of nitrogens with one attached hydrogen (secondary N) is 2. The number of nitrogens with zero attached hydrogens (tertiary/aromatic N) is 2. The fourth-order valence-corrected chi connectivity index (χ4v) is 2.05. The second-order valence-corrected chi connectivity index (χ2v) is 4.21. The summed E-state index contributed by atoms with van der Waals surface area (Å²) in [5, 5.41) is 6.43. The van der Waals surface area contributed by atoms with Crippen molar-refractivity contribution < 1.29 is 4.74 Å². The van der Waals surface area contributed by atoms with Crippen LogP contribution in [0.4, 0.5) is 17.3 Å². The van der Waals surface area contributed by atoms with Gasteiger partial charge in [0.25, 0.3) is 0 Å². The van der Waals surface area contributed by atoms with E-state index in [1.807, 2.05) is 38.2 Å². The molecule has 0 aliphatic rings. The highest BCUT2D eigenvalue weighted by atomic mass is 16.5. The Hall–Kier alpha value is -2.30. The molecule has 2 aromatic rings. The van der Waals surface area contributed by atoms with Gasteiger partial charge in [0.15, 0.2) is 0 Å². The SMILES string of the molecule is CCOc1ccccc1Nc1ncnc(NC)c1CC. The zero-order valence-corrected chi connectivity index (χ0v) is 12.1. The maximum atomic E-state index is 5.62. The van der Waals surface area contributed by atoms with E-state index in [1.54, 1.807) is 6.33 Å². The van der Waals surface area contributed by atoms with Gasteiger partial charge >= 0.3 is 0 Å². The lowest BCUT2D eigenvalue weighted by molar-refractivity contribution is 0.342. The molecule has 0 saturated carbocycles. The van der Waals surface area contributed by atoms with Crippen LogP contribution in [0.3, 0.4) is 0 Å². The maximum Gasteiger partial charge on any atom is 0.142 e. The molecule has 0 aliphatic carbocycles. The summed E-state index contributed by atoms with van der Waals surface area (Å²) >= 11 is 0. The van der Waals surface area contributed by atoms with E-state index in [0.29, 0.717) is 6.61 Å². The highest BCUT2D eigenvalue weighted by Crippen LogP contribution is 2.29. The zero-order valence-electron chi connectivity index (χ0n) is 12.1. The third-order valence-electron chi connectivity index (χ3n) is 2.98. The van der Waals surface area contributed by atoms with Crippen molar-refractivity contribution >= 4 is 17.3 Å². The van der Waals surface area contributed by atoms with Gasteiger partial charge in [-0.2, -0.15) is 0 Å². The second-order valence-electron chi connectivity index (χ2n) is 4.21. The van der Waals surface area contributed by atoms with E-state index in [2.05, 4.69) is 27.5 Å². The lowest BCUT2D eigenvalue weighted by atomic mass is 10.2. The Morgan fingerprint density at radius 1 is 1.10 bits per heavy atom. The topological polar surface area (TPSA) is 59.1 Å². The predicted molar refractivity (Wildman–Crippen MR) is 81.9 cm³/mol. The van der Waals surface area contributed by atoms with Crippen LogP contribution in [0.1, 0.15) is 19.4 Å². The maximum absolute atomic E-state index is 5.62. The van der Waals surface area contributed by atoms with E-state index in [-0.39, 0.29) is 0 Å². The van der Waals surface area contributed by atoms with Gasteiger partial charge in [0.05, 0.1) is 12.3 Å². The first-order valence-corrected chi connectivity index (χ1v) is 6.80. The molecule has 1 heterocycles. The van der Waals surface area contributed by atoms with Crippen LogP contribution in [0, 0.1) is 0 Å². The van der Waals surface area contributed by atoms with Crippen LogP contribution < -0.4 is 15.4 Å². The molecule has 0 fully saturated rings. The first-order valence-electron chi connectivity index (χ1n) is 6.80. The number of ether oxygens (including phenoxy) is 1. The van der Waals surface area contributed by atoms with E-state index in [0.717, 1.165) is 35.1 Å². The molecule has 5 nitrogen and oxygen atoms in total.